The van der Waals surface area contributed by atoms with Gasteiger partial charge in [-0.25, -0.2) is 0 Å². The minimum atomic E-state index is 0.550. The van der Waals surface area contributed by atoms with E-state index in [1.54, 1.807) is 0 Å². The SMILES string of the molecule is C[Se]c1ccc(C#N)cc1. The van der Waals surface area contributed by atoms with E-state index in [9.17, 15) is 0 Å². The van der Waals surface area contributed by atoms with Gasteiger partial charge >= 0.3 is 66.4 Å². The van der Waals surface area contributed by atoms with Crippen LogP contribution in [-0.4, -0.2) is 15.0 Å². The number of hydrogen-bond donors (Lipinski definition) is 0. The molecule has 2 heteroatoms. The molecule has 0 atom stereocenters. The van der Waals surface area contributed by atoms with Crippen molar-refractivity contribution in [1.29, 1.82) is 5.26 Å². The van der Waals surface area contributed by atoms with E-state index in [4.69, 9.17) is 5.26 Å². The second kappa shape index (κ2) is 3.41. The van der Waals surface area contributed by atoms with Crippen LogP contribution in [0.3, 0.4) is 0 Å². The Kier molecular flexibility index (Phi) is 2.50. The minimum absolute atomic E-state index is 0.550. The van der Waals surface area contributed by atoms with E-state index in [1.807, 2.05) is 24.3 Å². The second-order valence-corrected chi connectivity index (χ2v) is 3.69. The van der Waals surface area contributed by atoms with Gasteiger partial charge in [-0.1, -0.05) is 0 Å². The Morgan fingerprint density at radius 3 is 2.30 bits per heavy atom. The maximum absolute atomic E-state index is 8.46. The normalized spacial score (nSPS) is 8.80. The Morgan fingerprint density at radius 2 is 1.90 bits per heavy atom. The summed E-state index contributed by atoms with van der Waals surface area (Å²) in [5.41, 5.74) is 0.744. The van der Waals surface area contributed by atoms with Crippen LogP contribution in [0.25, 0.3) is 0 Å². The van der Waals surface area contributed by atoms with Crippen LogP contribution >= 0.6 is 0 Å². The molecule has 0 unspecified atom stereocenters. The summed E-state index contributed by atoms with van der Waals surface area (Å²) in [6.45, 7) is 0. The number of nitriles is 1. The van der Waals surface area contributed by atoms with Crippen LogP contribution in [0, 0.1) is 11.3 Å². The first-order valence-corrected chi connectivity index (χ1v) is 5.48. The zero-order valence-corrected chi connectivity index (χ0v) is 7.38. The first-order valence-electron chi connectivity index (χ1n) is 2.91. The zero-order chi connectivity index (χ0) is 7.40. The Morgan fingerprint density at radius 1 is 1.30 bits per heavy atom. The quantitative estimate of drug-likeness (QED) is 0.613. The molecule has 0 saturated carbocycles. The summed E-state index contributed by atoms with van der Waals surface area (Å²) in [6.07, 6.45) is 0. The Balaban J connectivity index is 2.93. The third kappa shape index (κ3) is 1.60. The van der Waals surface area contributed by atoms with E-state index in [2.05, 4.69) is 11.9 Å². The molecule has 1 nitrogen and oxygen atoms in total. The monoisotopic (exact) mass is 197 g/mol. The van der Waals surface area contributed by atoms with Gasteiger partial charge in [-0.3, -0.25) is 0 Å². The third-order valence-electron chi connectivity index (χ3n) is 1.22. The number of benzene rings is 1. The van der Waals surface area contributed by atoms with Gasteiger partial charge < -0.3 is 0 Å². The van der Waals surface area contributed by atoms with Gasteiger partial charge in [0.25, 0.3) is 0 Å². The van der Waals surface area contributed by atoms with Crippen molar-refractivity contribution in [3.8, 4) is 6.07 Å². The number of nitrogens with zero attached hydrogens (tertiary/aromatic N) is 1. The summed E-state index contributed by atoms with van der Waals surface area (Å²) in [6, 6.07) is 9.83. The van der Waals surface area contributed by atoms with Crippen molar-refractivity contribution < 1.29 is 0 Å². The molecular weight excluding hydrogens is 189 g/mol. The van der Waals surface area contributed by atoms with Crippen LogP contribution in [0.1, 0.15) is 5.56 Å². The van der Waals surface area contributed by atoms with E-state index in [-0.39, 0.29) is 0 Å². The summed E-state index contributed by atoms with van der Waals surface area (Å²) in [5, 5.41) is 8.46. The molecule has 0 aromatic heterocycles. The fourth-order valence-corrected chi connectivity index (χ4v) is 1.52. The second-order valence-electron chi connectivity index (χ2n) is 1.84. The van der Waals surface area contributed by atoms with E-state index in [1.165, 1.54) is 4.46 Å². The summed E-state index contributed by atoms with van der Waals surface area (Å²) in [7, 11) is 0. The molecule has 0 radical (unpaired) electrons. The van der Waals surface area contributed by atoms with Crippen molar-refractivity contribution in [3.63, 3.8) is 0 Å². The van der Waals surface area contributed by atoms with Crippen molar-refractivity contribution >= 4 is 19.4 Å². The van der Waals surface area contributed by atoms with Crippen LogP contribution in [-0.2, 0) is 0 Å². The molecule has 0 saturated heterocycles. The predicted octanol–water partition coefficient (Wildman–Crippen LogP) is 0.936. The average Bonchev–Trinajstić information content (AvgIpc) is 2.05. The topological polar surface area (TPSA) is 23.8 Å². The van der Waals surface area contributed by atoms with E-state index < -0.39 is 0 Å². The van der Waals surface area contributed by atoms with Crippen molar-refractivity contribution in [1.82, 2.24) is 0 Å². The van der Waals surface area contributed by atoms with Gasteiger partial charge in [0.15, 0.2) is 0 Å². The van der Waals surface area contributed by atoms with E-state index in [0.717, 1.165) is 5.56 Å². The molecule has 1 aromatic rings. The summed E-state index contributed by atoms with van der Waals surface area (Å²) in [4.78, 5) is 0. The van der Waals surface area contributed by atoms with Crippen LogP contribution in [0.2, 0.25) is 5.82 Å². The summed E-state index contributed by atoms with van der Waals surface area (Å²) in [5.74, 6) is 2.16. The van der Waals surface area contributed by atoms with Crippen LogP contribution < -0.4 is 4.46 Å². The molecule has 0 aliphatic heterocycles. The Labute approximate surface area is 66.8 Å². The predicted molar refractivity (Wildman–Crippen MR) is 42.4 cm³/mol. The van der Waals surface area contributed by atoms with Crippen LogP contribution in [0.5, 0.6) is 0 Å². The molecule has 0 bridgehead atoms. The zero-order valence-electron chi connectivity index (χ0n) is 5.66. The van der Waals surface area contributed by atoms with E-state index >= 15 is 0 Å². The van der Waals surface area contributed by atoms with Gasteiger partial charge in [0.2, 0.25) is 0 Å². The Hall–Kier alpha value is -0.771. The summed E-state index contributed by atoms with van der Waals surface area (Å²) < 4.78 is 1.34. The fourth-order valence-electron chi connectivity index (χ4n) is 0.666. The molecule has 0 amide bonds. The first-order chi connectivity index (χ1) is 4.86. The van der Waals surface area contributed by atoms with Gasteiger partial charge in [0, 0.05) is 0 Å². The van der Waals surface area contributed by atoms with E-state index in [0.29, 0.717) is 15.0 Å². The van der Waals surface area contributed by atoms with Gasteiger partial charge in [0.1, 0.15) is 0 Å². The van der Waals surface area contributed by atoms with Crippen molar-refractivity contribution in [2.24, 2.45) is 0 Å². The molecule has 0 aliphatic rings. The molecule has 0 fully saturated rings. The van der Waals surface area contributed by atoms with Crippen LogP contribution in [0.4, 0.5) is 0 Å². The molecule has 1 aromatic carbocycles. The maximum atomic E-state index is 8.46. The number of hydrogen-bond acceptors (Lipinski definition) is 1. The first kappa shape index (κ1) is 7.34. The molecule has 0 spiro atoms. The molecule has 1 rings (SSSR count). The average molecular weight is 196 g/mol. The van der Waals surface area contributed by atoms with Gasteiger partial charge in [-0.15, -0.1) is 0 Å². The molecule has 0 N–H and O–H groups in total. The Bertz CT molecular complexity index is 245. The molecule has 0 aliphatic carbocycles. The molecule has 10 heavy (non-hydrogen) atoms. The van der Waals surface area contributed by atoms with Crippen molar-refractivity contribution in [2.75, 3.05) is 0 Å². The third-order valence-corrected chi connectivity index (χ3v) is 2.78. The van der Waals surface area contributed by atoms with Gasteiger partial charge in [-0.05, 0) is 0 Å². The molecular formula is C8H7NSe. The van der Waals surface area contributed by atoms with Crippen LogP contribution in [0.15, 0.2) is 24.3 Å². The standard InChI is InChI=1S/C8H7NSe/c1-10-8-4-2-7(6-9)3-5-8/h2-5H,1H3. The van der Waals surface area contributed by atoms with Gasteiger partial charge in [0.05, 0.1) is 0 Å². The molecule has 0 heterocycles. The number of rotatable bonds is 1. The van der Waals surface area contributed by atoms with Gasteiger partial charge in [-0.2, -0.15) is 0 Å². The van der Waals surface area contributed by atoms with Crippen molar-refractivity contribution in [2.45, 2.75) is 5.82 Å². The van der Waals surface area contributed by atoms with Crippen molar-refractivity contribution in [3.05, 3.63) is 29.8 Å². The fraction of sp³-hybridized carbons (Fsp3) is 0.125. The molecule has 50 valence electrons. The summed E-state index contributed by atoms with van der Waals surface area (Å²) >= 11 is 0.550.